The van der Waals surface area contributed by atoms with Crippen LogP contribution in [-0.2, 0) is 6.61 Å². The molecule has 1 N–H and O–H groups in total. The van der Waals surface area contributed by atoms with Crippen LogP contribution in [0.5, 0.6) is 11.5 Å². The highest BCUT2D eigenvalue weighted by Gasteiger charge is 2.10. The summed E-state index contributed by atoms with van der Waals surface area (Å²) in [6.45, 7) is 0.281. The first-order chi connectivity index (χ1) is 15.6. The van der Waals surface area contributed by atoms with Crippen LogP contribution in [0.4, 0.5) is 0 Å². The molecule has 32 heavy (non-hydrogen) atoms. The van der Waals surface area contributed by atoms with Crippen molar-refractivity contribution in [2.75, 3.05) is 7.11 Å². The van der Waals surface area contributed by atoms with Gasteiger partial charge >= 0.3 is 0 Å². The molecule has 0 spiro atoms. The van der Waals surface area contributed by atoms with E-state index in [1.165, 1.54) is 0 Å². The van der Waals surface area contributed by atoms with Gasteiger partial charge in [-0.2, -0.15) is 10.5 Å². The lowest BCUT2D eigenvalue weighted by atomic mass is 10.1. The van der Waals surface area contributed by atoms with Gasteiger partial charge in [-0.1, -0.05) is 24.3 Å². The average Bonchev–Trinajstić information content (AvgIpc) is 3.25. The summed E-state index contributed by atoms with van der Waals surface area (Å²) in [4.78, 5) is 7.68. The standard InChI is InChI=1S/C25H17BrN4O2/c1-31-20-7-8-22-23(12-20)30-25(29-22)19(14-28)10-16-6-9-24(21(26)11-16)32-15-18-5-3-2-4-17(18)13-27/h2-12H,15H2,1H3,(H,29,30)/b19-10-. The number of aromatic amines is 1. The number of H-pyrrole nitrogens is 1. The predicted octanol–water partition coefficient (Wildman–Crippen LogP) is 5.85. The molecule has 0 radical (unpaired) electrons. The van der Waals surface area contributed by atoms with E-state index in [0.29, 0.717) is 28.5 Å². The van der Waals surface area contributed by atoms with Crippen molar-refractivity contribution in [2.45, 2.75) is 6.61 Å². The number of aromatic nitrogens is 2. The maximum absolute atomic E-state index is 9.68. The van der Waals surface area contributed by atoms with E-state index in [1.807, 2.05) is 54.6 Å². The van der Waals surface area contributed by atoms with Crippen molar-refractivity contribution in [2.24, 2.45) is 0 Å². The van der Waals surface area contributed by atoms with Gasteiger partial charge in [-0.25, -0.2) is 4.98 Å². The Morgan fingerprint density at radius 3 is 2.72 bits per heavy atom. The van der Waals surface area contributed by atoms with E-state index in [-0.39, 0.29) is 6.61 Å². The zero-order chi connectivity index (χ0) is 22.5. The SMILES string of the molecule is COc1ccc2nc(/C(C#N)=C\c3ccc(OCc4ccccc4C#N)c(Br)c3)[nH]c2c1. The fraction of sp³-hybridized carbons (Fsp3) is 0.0800. The van der Waals surface area contributed by atoms with Crippen LogP contribution in [0.1, 0.15) is 22.5 Å². The average molecular weight is 485 g/mol. The van der Waals surface area contributed by atoms with Crippen molar-refractivity contribution in [3.8, 4) is 23.6 Å². The first-order valence-corrected chi connectivity index (χ1v) is 10.5. The van der Waals surface area contributed by atoms with Crippen molar-refractivity contribution < 1.29 is 9.47 Å². The van der Waals surface area contributed by atoms with Gasteiger partial charge in [0.25, 0.3) is 0 Å². The van der Waals surface area contributed by atoms with E-state index >= 15 is 0 Å². The van der Waals surface area contributed by atoms with Crippen LogP contribution in [0.2, 0.25) is 0 Å². The summed E-state index contributed by atoms with van der Waals surface area (Å²) >= 11 is 3.53. The molecule has 1 heterocycles. The summed E-state index contributed by atoms with van der Waals surface area (Å²) in [5.74, 6) is 1.84. The molecule has 0 amide bonds. The second kappa shape index (κ2) is 9.38. The Hall–Kier alpha value is -4.07. The molecule has 3 aromatic carbocycles. The minimum atomic E-state index is 0.281. The van der Waals surface area contributed by atoms with Crippen LogP contribution in [0.3, 0.4) is 0 Å². The largest absolute Gasteiger partial charge is 0.497 e. The number of rotatable bonds is 6. The Balaban J connectivity index is 1.56. The molecule has 6 nitrogen and oxygen atoms in total. The van der Waals surface area contributed by atoms with Gasteiger partial charge in [0.2, 0.25) is 0 Å². The predicted molar refractivity (Wildman–Crippen MR) is 126 cm³/mol. The summed E-state index contributed by atoms with van der Waals surface area (Å²) in [6, 6.07) is 22.8. The Morgan fingerprint density at radius 1 is 1.12 bits per heavy atom. The summed E-state index contributed by atoms with van der Waals surface area (Å²) in [6.07, 6.45) is 1.76. The molecule has 0 saturated heterocycles. The monoisotopic (exact) mass is 484 g/mol. The third-order valence-electron chi connectivity index (χ3n) is 4.85. The van der Waals surface area contributed by atoms with Gasteiger partial charge in [0.1, 0.15) is 30.0 Å². The highest BCUT2D eigenvalue weighted by atomic mass is 79.9. The number of benzene rings is 3. The normalized spacial score (nSPS) is 11.1. The van der Waals surface area contributed by atoms with Crippen molar-refractivity contribution in [3.05, 3.63) is 87.7 Å². The molecule has 0 atom stereocenters. The van der Waals surface area contributed by atoms with Crippen LogP contribution in [0, 0.1) is 22.7 Å². The first kappa shape index (κ1) is 21.2. The molecule has 0 saturated carbocycles. The van der Waals surface area contributed by atoms with Crippen LogP contribution < -0.4 is 9.47 Å². The summed E-state index contributed by atoms with van der Waals surface area (Å²) in [5.41, 5.74) is 4.18. The van der Waals surface area contributed by atoms with Crippen LogP contribution in [-0.4, -0.2) is 17.1 Å². The molecular weight excluding hydrogens is 468 g/mol. The molecule has 0 aliphatic heterocycles. The zero-order valence-corrected chi connectivity index (χ0v) is 18.7. The third-order valence-corrected chi connectivity index (χ3v) is 5.47. The number of nitriles is 2. The Kier molecular flexibility index (Phi) is 6.21. The minimum absolute atomic E-state index is 0.281. The van der Waals surface area contributed by atoms with Crippen molar-refractivity contribution in [1.29, 1.82) is 10.5 Å². The summed E-state index contributed by atoms with van der Waals surface area (Å²) in [5, 5.41) is 18.9. The van der Waals surface area contributed by atoms with E-state index < -0.39 is 0 Å². The van der Waals surface area contributed by atoms with Gasteiger partial charge in [0.15, 0.2) is 0 Å². The van der Waals surface area contributed by atoms with Gasteiger partial charge in [-0.05, 0) is 57.9 Å². The van der Waals surface area contributed by atoms with Crippen LogP contribution in [0.15, 0.2) is 65.1 Å². The minimum Gasteiger partial charge on any atom is -0.497 e. The molecule has 0 bridgehead atoms. The number of nitrogens with zero attached hydrogens (tertiary/aromatic N) is 3. The second-order valence-electron chi connectivity index (χ2n) is 6.89. The van der Waals surface area contributed by atoms with Crippen LogP contribution in [0.25, 0.3) is 22.7 Å². The zero-order valence-electron chi connectivity index (χ0n) is 17.1. The lowest BCUT2D eigenvalue weighted by Crippen LogP contribution is -1.98. The molecule has 0 aliphatic rings. The Morgan fingerprint density at radius 2 is 1.97 bits per heavy atom. The van der Waals surface area contributed by atoms with Gasteiger partial charge in [-0.3, -0.25) is 0 Å². The highest BCUT2D eigenvalue weighted by molar-refractivity contribution is 9.10. The quantitative estimate of drug-likeness (QED) is 0.346. The topological polar surface area (TPSA) is 94.7 Å². The van der Waals surface area contributed by atoms with E-state index in [2.05, 4.69) is 38.0 Å². The van der Waals surface area contributed by atoms with Crippen LogP contribution >= 0.6 is 15.9 Å². The van der Waals surface area contributed by atoms with E-state index in [1.54, 1.807) is 19.3 Å². The Labute approximate surface area is 193 Å². The van der Waals surface area contributed by atoms with Crippen molar-refractivity contribution in [3.63, 3.8) is 0 Å². The third kappa shape index (κ3) is 4.49. The maximum atomic E-state index is 9.68. The lowest BCUT2D eigenvalue weighted by Gasteiger charge is -2.10. The highest BCUT2D eigenvalue weighted by Crippen LogP contribution is 2.29. The number of methoxy groups -OCH3 is 1. The number of hydrogen-bond acceptors (Lipinski definition) is 5. The molecule has 0 unspecified atom stereocenters. The fourth-order valence-electron chi connectivity index (χ4n) is 3.20. The lowest BCUT2D eigenvalue weighted by molar-refractivity contribution is 0.304. The maximum Gasteiger partial charge on any atom is 0.149 e. The molecule has 0 aliphatic carbocycles. The van der Waals surface area contributed by atoms with E-state index in [9.17, 15) is 10.5 Å². The van der Waals surface area contributed by atoms with E-state index in [4.69, 9.17) is 9.47 Å². The smallest absolute Gasteiger partial charge is 0.149 e. The fourth-order valence-corrected chi connectivity index (χ4v) is 3.71. The second-order valence-corrected chi connectivity index (χ2v) is 7.74. The molecule has 156 valence electrons. The number of allylic oxidation sites excluding steroid dienone is 1. The molecule has 1 aromatic heterocycles. The first-order valence-electron chi connectivity index (χ1n) is 9.67. The van der Waals surface area contributed by atoms with E-state index in [0.717, 1.165) is 26.6 Å². The summed E-state index contributed by atoms with van der Waals surface area (Å²) in [7, 11) is 1.60. The molecule has 0 fully saturated rings. The molecule has 4 aromatic rings. The van der Waals surface area contributed by atoms with Crippen molar-refractivity contribution in [1.82, 2.24) is 9.97 Å². The molecule has 4 rings (SSSR count). The Bertz CT molecular complexity index is 1410. The van der Waals surface area contributed by atoms with Crippen molar-refractivity contribution >= 4 is 38.6 Å². The number of fused-ring (bicyclic) bond motifs is 1. The summed E-state index contributed by atoms with van der Waals surface area (Å²) < 4.78 is 11.9. The van der Waals surface area contributed by atoms with Gasteiger partial charge in [-0.15, -0.1) is 0 Å². The van der Waals surface area contributed by atoms with Gasteiger partial charge in [0.05, 0.1) is 39.8 Å². The molecule has 7 heteroatoms. The number of halogens is 1. The number of ether oxygens (including phenoxy) is 2. The molecular formula is C25H17BrN4O2. The number of imidazole rings is 1. The number of nitrogens with one attached hydrogen (secondary N) is 1. The van der Waals surface area contributed by atoms with Gasteiger partial charge in [0, 0.05) is 11.6 Å². The van der Waals surface area contributed by atoms with Gasteiger partial charge < -0.3 is 14.5 Å². The number of hydrogen-bond donors (Lipinski definition) is 1.